The Hall–Kier alpha value is -1.66. The highest BCUT2D eigenvalue weighted by Crippen LogP contribution is 2.26. The predicted molar refractivity (Wildman–Crippen MR) is 79.4 cm³/mol. The number of hydrogen-bond donors (Lipinski definition) is 2. The van der Waals surface area contributed by atoms with Gasteiger partial charge in [-0.3, -0.25) is 10.1 Å². The summed E-state index contributed by atoms with van der Waals surface area (Å²) in [5.74, 6) is 0.608. The third-order valence-electron chi connectivity index (χ3n) is 3.97. The van der Waals surface area contributed by atoms with Crippen LogP contribution in [0.5, 0.6) is 5.75 Å². The van der Waals surface area contributed by atoms with Crippen molar-refractivity contribution in [3.05, 3.63) is 34.4 Å². The van der Waals surface area contributed by atoms with Crippen molar-refractivity contribution in [2.75, 3.05) is 19.8 Å². The maximum atomic E-state index is 10.9. The van der Waals surface area contributed by atoms with Crippen LogP contribution in [0.3, 0.4) is 0 Å². The summed E-state index contributed by atoms with van der Waals surface area (Å²) in [7, 11) is 0. The molecule has 0 aromatic heterocycles. The van der Waals surface area contributed by atoms with Crippen LogP contribution in [-0.4, -0.2) is 35.8 Å². The standard InChI is InChI=1S/C15H22N2O4/c18-11-12-5-1-2-6-13(12)16-9-10-21-15-8-4-3-7-14(15)17(19)20/h3-4,7-8,12-13,16,18H,1-2,5-6,9-11H2/t12-,13+/m0/s1. The molecule has 0 saturated heterocycles. The van der Waals surface area contributed by atoms with Gasteiger partial charge in [0.2, 0.25) is 0 Å². The average Bonchev–Trinajstić information content (AvgIpc) is 2.52. The fourth-order valence-electron chi connectivity index (χ4n) is 2.83. The molecule has 1 fully saturated rings. The van der Waals surface area contributed by atoms with Gasteiger partial charge in [-0.05, 0) is 24.8 Å². The number of aliphatic hydroxyl groups excluding tert-OH is 1. The Labute approximate surface area is 124 Å². The molecule has 6 heteroatoms. The molecule has 0 heterocycles. The van der Waals surface area contributed by atoms with Crippen LogP contribution in [0.4, 0.5) is 5.69 Å². The minimum absolute atomic E-state index is 0.0107. The lowest BCUT2D eigenvalue weighted by Crippen LogP contribution is -2.41. The Morgan fingerprint density at radius 3 is 2.86 bits per heavy atom. The summed E-state index contributed by atoms with van der Waals surface area (Å²) < 4.78 is 5.49. The van der Waals surface area contributed by atoms with E-state index in [-0.39, 0.29) is 12.3 Å². The minimum atomic E-state index is -0.439. The highest BCUT2D eigenvalue weighted by molar-refractivity contribution is 5.45. The second-order valence-electron chi connectivity index (χ2n) is 5.36. The van der Waals surface area contributed by atoms with Gasteiger partial charge in [0, 0.05) is 25.3 Å². The van der Waals surface area contributed by atoms with Crippen LogP contribution < -0.4 is 10.1 Å². The van der Waals surface area contributed by atoms with E-state index in [2.05, 4.69) is 5.32 Å². The first kappa shape index (κ1) is 15.7. The molecule has 0 spiro atoms. The molecule has 1 saturated carbocycles. The molecule has 6 nitrogen and oxygen atoms in total. The number of aliphatic hydroxyl groups is 1. The first-order valence-electron chi connectivity index (χ1n) is 7.43. The SMILES string of the molecule is O=[N+]([O-])c1ccccc1OCCN[C@@H]1CCCC[C@H]1CO. The van der Waals surface area contributed by atoms with Crippen LogP contribution in [0, 0.1) is 16.0 Å². The number of nitrogens with zero attached hydrogens (tertiary/aromatic N) is 1. The number of hydrogen-bond acceptors (Lipinski definition) is 5. The zero-order chi connectivity index (χ0) is 15.1. The van der Waals surface area contributed by atoms with E-state index in [1.54, 1.807) is 18.2 Å². The van der Waals surface area contributed by atoms with Gasteiger partial charge in [-0.2, -0.15) is 0 Å². The van der Waals surface area contributed by atoms with Crippen LogP contribution in [0.25, 0.3) is 0 Å². The Kier molecular flexibility index (Phi) is 5.95. The van der Waals surface area contributed by atoms with Crippen molar-refractivity contribution >= 4 is 5.69 Å². The van der Waals surface area contributed by atoms with E-state index in [1.807, 2.05) is 0 Å². The molecular weight excluding hydrogens is 272 g/mol. The third-order valence-corrected chi connectivity index (χ3v) is 3.97. The van der Waals surface area contributed by atoms with Gasteiger partial charge in [-0.1, -0.05) is 25.0 Å². The molecule has 116 valence electrons. The van der Waals surface area contributed by atoms with Gasteiger partial charge in [-0.25, -0.2) is 0 Å². The van der Waals surface area contributed by atoms with E-state index in [9.17, 15) is 15.2 Å². The number of nitro groups is 1. The smallest absolute Gasteiger partial charge is 0.310 e. The summed E-state index contributed by atoms with van der Waals surface area (Å²) >= 11 is 0. The van der Waals surface area contributed by atoms with Gasteiger partial charge in [-0.15, -0.1) is 0 Å². The number of rotatable bonds is 7. The monoisotopic (exact) mass is 294 g/mol. The molecule has 1 aliphatic rings. The van der Waals surface area contributed by atoms with Crippen molar-refractivity contribution in [3.63, 3.8) is 0 Å². The Morgan fingerprint density at radius 1 is 1.33 bits per heavy atom. The summed E-state index contributed by atoms with van der Waals surface area (Å²) in [5, 5.41) is 23.6. The van der Waals surface area contributed by atoms with Crippen LogP contribution in [0.15, 0.2) is 24.3 Å². The quantitative estimate of drug-likeness (QED) is 0.457. The summed E-state index contributed by atoms with van der Waals surface area (Å²) in [6.07, 6.45) is 4.48. The molecule has 0 radical (unpaired) electrons. The topological polar surface area (TPSA) is 84.6 Å². The fourth-order valence-corrected chi connectivity index (χ4v) is 2.83. The van der Waals surface area contributed by atoms with Crippen LogP contribution >= 0.6 is 0 Å². The van der Waals surface area contributed by atoms with E-state index in [4.69, 9.17) is 4.74 Å². The number of para-hydroxylation sites is 2. The summed E-state index contributed by atoms with van der Waals surface area (Å²) in [6.45, 7) is 1.20. The number of benzene rings is 1. The summed E-state index contributed by atoms with van der Waals surface area (Å²) in [6, 6.07) is 6.70. The van der Waals surface area contributed by atoms with E-state index in [0.717, 1.165) is 12.8 Å². The third kappa shape index (κ3) is 4.41. The zero-order valence-corrected chi connectivity index (χ0v) is 12.0. The van der Waals surface area contributed by atoms with E-state index in [0.29, 0.717) is 30.9 Å². The summed E-state index contributed by atoms with van der Waals surface area (Å²) in [4.78, 5) is 10.4. The van der Waals surface area contributed by atoms with Crippen molar-refractivity contribution in [1.82, 2.24) is 5.32 Å². The molecule has 1 aliphatic carbocycles. The van der Waals surface area contributed by atoms with E-state index < -0.39 is 4.92 Å². The van der Waals surface area contributed by atoms with Gasteiger partial charge < -0.3 is 15.2 Å². The van der Waals surface area contributed by atoms with Crippen LogP contribution in [-0.2, 0) is 0 Å². The van der Waals surface area contributed by atoms with Crippen molar-refractivity contribution in [3.8, 4) is 5.75 Å². The van der Waals surface area contributed by atoms with Crippen LogP contribution in [0.2, 0.25) is 0 Å². The molecule has 2 N–H and O–H groups in total. The maximum absolute atomic E-state index is 10.9. The molecule has 0 amide bonds. The fraction of sp³-hybridized carbons (Fsp3) is 0.600. The number of ether oxygens (including phenoxy) is 1. The normalized spacial score (nSPS) is 22.0. The predicted octanol–water partition coefficient (Wildman–Crippen LogP) is 2.11. The maximum Gasteiger partial charge on any atom is 0.310 e. The molecule has 0 bridgehead atoms. The van der Waals surface area contributed by atoms with Gasteiger partial charge in [0.05, 0.1) is 4.92 Å². The molecule has 1 aromatic rings. The van der Waals surface area contributed by atoms with Gasteiger partial charge >= 0.3 is 5.69 Å². The van der Waals surface area contributed by atoms with Crippen molar-refractivity contribution in [1.29, 1.82) is 0 Å². The molecule has 0 aliphatic heterocycles. The first-order valence-corrected chi connectivity index (χ1v) is 7.43. The van der Waals surface area contributed by atoms with Gasteiger partial charge in [0.1, 0.15) is 6.61 Å². The second kappa shape index (κ2) is 7.95. The Balaban J connectivity index is 1.78. The van der Waals surface area contributed by atoms with Crippen molar-refractivity contribution < 1.29 is 14.8 Å². The van der Waals surface area contributed by atoms with Crippen molar-refractivity contribution in [2.45, 2.75) is 31.7 Å². The second-order valence-corrected chi connectivity index (χ2v) is 5.36. The lowest BCUT2D eigenvalue weighted by Gasteiger charge is -2.31. The van der Waals surface area contributed by atoms with Gasteiger partial charge in [0.15, 0.2) is 5.75 Å². The highest BCUT2D eigenvalue weighted by Gasteiger charge is 2.23. The Morgan fingerprint density at radius 2 is 2.10 bits per heavy atom. The Bertz CT molecular complexity index is 467. The molecule has 0 unspecified atom stereocenters. The number of nitro benzene ring substituents is 1. The lowest BCUT2D eigenvalue weighted by molar-refractivity contribution is -0.385. The average molecular weight is 294 g/mol. The van der Waals surface area contributed by atoms with Crippen molar-refractivity contribution in [2.24, 2.45) is 5.92 Å². The van der Waals surface area contributed by atoms with E-state index in [1.165, 1.54) is 18.9 Å². The highest BCUT2D eigenvalue weighted by atomic mass is 16.6. The van der Waals surface area contributed by atoms with Crippen LogP contribution in [0.1, 0.15) is 25.7 Å². The number of nitrogens with one attached hydrogen (secondary N) is 1. The molecule has 2 rings (SSSR count). The molecular formula is C15H22N2O4. The largest absolute Gasteiger partial charge is 0.485 e. The minimum Gasteiger partial charge on any atom is -0.485 e. The first-order chi connectivity index (χ1) is 10.2. The van der Waals surface area contributed by atoms with Gasteiger partial charge in [0.25, 0.3) is 0 Å². The lowest BCUT2D eigenvalue weighted by atomic mass is 9.85. The molecule has 2 atom stereocenters. The summed E-state index contributed by atoms with van der Waals surface area (Å²) in [5.41, 5.74) is -0.0107. The zero-order valence-electron chi connectivity index (χ0n) is 12.0. The van der Waals surface area contributed by atoms with E-state index >= 15 is 0 Å². The molecule has 1 aromatic carbocycles. The molecule has 21 heavy (non-hydrogen) atoms.